The Balaban J connectivity index is 1.12. The second-order valence-corrected chi connectivity index (χ2v) is 9.17. The summed E-state index contributed by atoms with van der Waals surface area (Å²) >= 11 is 0. The van der Waals surface area contributed by atoms with Crippen LogP contribution in [0, 0.1) is 13.8 Å². The number of nitrogens with one attached hydrogen (secondary N) is 2. The molecule has 0 aliphatic carbocycles. The first-order valence-corrected chi connectivity index (χ1v) is 12.0. The molecule has 0 spiro atoms. The van der Waals surface area contributed by atoms with Crippen LogP contribution in [-0.4, -0.2) is 9.97 Å². The lowest BCUT2D eigenvalue weighted by Crippen LogP contribution is -2.38. The van der Waals surface area contributed by atoms with Crippen LogP contribution in [0.3, 0.4) is 0 Å². The minimum absolute atomic E-state index is 1.06. The molecule has 0 aliphatic heterocycles. The Labute approximate surface area is 193 Å². The summed E-state index contributed by atoms with van der Waals surface area (Å²) in [7, 11) is 0. The second-order valence-electron chi connectivity index (χ2n) is 9.17. The molecule has 2 N–H and O–H groups in total. The van der Waals surface area contributed by atoms with Gasteiger partial charge in [-0.3, -0.25) is 0 Å². The van der Waals surface area contributed by atoms with E-state index < -0.39 is 0 Å². The number of aromatic amines is 2. The number of fused-ring (bicyclic) bond motifs is 6. The van der Waals surface area contributed by atoms with Gasteiger partial charge in [0.05, 0.1) is 0 Å². The van der Waals surface area contributed by atoms with Crippen LogP contribution in [0.2, 0.25) is 0 Å². The summed E-state index contributed by atoms with van der Waals surface area (Å²) in [6.45, 7) is 6.57. The van der Waals surface area contributed by atoms with Crippen molar-refractivity contribution in [1.29, 1.82) is 0 Å². The quantitative estimate of drug-likeness (QED) is 0.238. The maximum absolute atomic E-state index is 3.61. The van der Waals surface area contributed by atoms with E-state index in [1.165, 1.54) is 74.3 Å². The third-order valence-electron chi connectivity index (χ3n) is 7.22. The standard InChI is InChI=1S/C29H28N4/c1-20-28-24(22-10-4-6-12-26(22)30-28)14-18-32(20)16-8-3-9-17-33-19-15-25-23-11-5-7-13-27(23)31-29(25)21(33)2/h4-7,10-15,18-19H,3,8-9,16-17H2,1-2H3/p+2. The number of para-hydroxylation sites is 2. The predicted molar refractivity (Wildman–Crippen MR) is 135 cm³/mol. The van der Waals surface area contributed by atoms with Gasteiger partial charge in [-0.05, 0) is 18.6 Å². The number of benzene rings is 2. The first-order valence-electron chi connectivity index (χ1n) is 12.0. The van der Waals surface area contributed by atoms with Gasteiger partial charge in [0.2, 0.25) is 11.4 Å². The molecule has 0 amide bonds. The van der Waals surface area contributed by atoms with Gasteiger partial charge < -0.3 is 9.97 Å². The molecule has 4 heterocycles. The second kappa shape index (κ2) is 8.04. The minimum Gasteiger partial charge on any atom is -0.349 e. The van der Waals surface area contributed by atoms with E-state index in [4.69, 9.17) is 0 Å². The fraction of sp³-hybridized carbons (Fsp3) is 0.241. The monoisotopic (exact) mass is 434 g/mol. The molecule has 0 saturated carbocycles. The Hall–Kier alpha value is -3.66. The molecule has 0 radical (unpaired) electrons. The average Bonchev–Trinajstić information content (AvgIpc) is 3.41. The van der Waals surface area contributed by atoms with Gasteiger partial charge in [0.15, 0.2) is 12.4 Å². The number of nitrogens with zero attached hydrogens (tertiary/aromatic N) is 2. The molecule has 4 aromatic heterocycles. The lowest BCUT2D eigenvalue weighted by molar-refractivity contribution is -0.705. The Morgan fingerprint density at radius 2 is 1.00 bits per heavy atom. The average molecular weight is 435 g/mol. The number of unbranched alkanes of at least 4 members (excludes halogenated alkanes) is 2. The van der Waals surface area contributed by atoms with Gasteiger partial charge in [-0.15, -0.1) is 0 Å². The van der Waals surface area contributed by atoms with Crippen molar-refractivity contribution in [3.63, 3.8) is 0 Å². The highest BCUT2D eigenvalue weighted by Crippen LogP contribution is 2.26. The predicted octanol–water partition coefficient (Wildman–Crippen LogP) is 6.02. The number of pyridine rings is 2. The van der Waals surface area contributed by atoms with Gasteiger partial charge in [0, 0.05) is 71.4 Å². The van der Waals surface area contributed by atoms with Gasteiger partial charge in [0.25, 0.3) is 0 Å². The highest BCUT2D eigenvalue weighted by Gasteiger charge is 2.16. The SMILES string of the molecule is Cc1c2[nH]c3ccccc3c2cc[n+]1CCCCC[n+]1ccc2c([nH]c3ccccc32)c1C. The van der Waals surface area contributed by atoms with E-state index in [0.29, 0.717) is 0 Å². The zero-order valence-electron chi connectivity index (χ0n) is 19.4. The van der Waals surface area contributed by atoms with Gasteiger partial charge in [-0.1, -0.05) is 36.4 Å². The molecule has 4 heteroatoms. The smallest absolute Gasteiger partial charge is 0.202 e. The molecule has 0 atom stereocenters. The molecule has 0 fully saturated rings. The van der Waals surface area contributed by atoms with Gasteiger partial charge in [0.1, 0.15) is 24.1 Å². The summed E-state index contributed by atoms with van der Waals surface area (Å²) in [5, 5.41) is 5.25. The molecule has 0 aliphatic rings. The van der Waals surface area contributed by atoms with Crippen molar-refractivity contribution in [2.45, 2.75) is 46.2 Å². The summed E-state index contributed by atoms with van der Waals surface area (Å²) in [6, 6.07) is 21.6. The fourth-order valence-electron chi connectivity index (χ4n) is 5.31. The van der Waals surface area contributed by atoms with Crippen molar-refractivity contribution < 1.29 is 9.13 Å². The molecule has 2 aromatic carbocycles. The summed E-state index contributed by atoms with van der Waals surface area (Å²) in [4.78, 5) is 7.23. The maximum atomic E-state index is 3.61. The maximum Gasteiger partial charge on any atom is 0.202 e. The van der Waals surface area contributed by atoms with E-state index in [0.717, 1.165) is 13.1 Å². The first kappa shape index (κ1) is 20.0. The third-order valence-corrected chi connectivity index (χ3v) is 7.22. The Kier molecular flexibility index (Phi) is 4.87. The third kappa shape index (κ3) is 3.37. The lowest BCUT2D eigenvalue weighted by atomic mass is 10.1. The number of hydrogen-bond acceptors (Lipinski definition) is 0. The van der Waals surface area contributed by atoms with E-state index >= 15 is 0 Å². The zero-order valence-corrected chi connectivity index (χ0v) is 19.4. The van der Waals surface area contributed by atoms with Crippen molar-refractivity contribution in [2.75, 3.05) is 0 Å². The number of H-pyrrole nitrogens is 2. The summed E-state index contributed by atoms with van der Waals surface area (Å²) in [5.41, 5.74) is 7.59. The Bertz CT molecular complexity index is 1500. The van der Waals surface area contributed by atoms with Gasteiger partial charge in [-0.2, -0.15) is 0 Å². The van der Waals surface area contributed by atoms with Crippen molar-refractivity contribution >= 4 is 43.6 Å². The van der Waals surface area contributed by atoms with Crippen molar-refractivity contribution in [3.8, 4) is 0 Å². The normalized spacial score (nSPS) is 11.9. The zero-order chi connectivity index (χ0) is 22.4. The molecule has 0 unspecified atom stereocenters. The van der Waals surface area contributed by atoms with E-state index in [1.54, 1.807) is 0 Å². The Morgan fingerprint density at radius 1 is 0.545 bits per heavy atom. The highest BCUT2D eigenvalue weighted by atomic mass is 15.0. The molecular weight excluding hydrogens is 404 g/mol. The van der Waals surface area contributed by atoms with E-state index in [1.807, 2.05) is 0 Å². The summed E-state index contributed by atoms with van der Waals surface area (Å²) < 4.78 is 4.79. The van der Waals surface area contributed by atoms with E-state index in [2.05, 4.69) is 106 Å². The molecule has 6 aromatic rings. The van der Waals surface area contributed by atoms with E-state index in [-0.39, 0.29) is 0 Å². The Morgan fingerprint density at radius 3 is 1.48 bits per heavy atom. The molecule has 0 saturated heterocycles. The number of rotatable bonds is 6. The van der Waals surface area contributed by atoms with Crippen LogP contribution in [0.25, 0.3) is 43.6 Å². The first-order chi connectivity index (χ1) is 16.2. The molecule has 6 rings (SSSR count). The summed E-state index contributed by atoms with van der Waals surface area (Å²) in [6.07, 6.45) is 8.09. The van der Waals surface area contributed by atoms with Crippen LogP contribution in [0.5, 0.6) is 0 Å². The lowest BCUT2D eigenvalue weighted by Gasteiger charge is -2.03. The van der Waals surface area contributed by atoms with Crippen LogP contribution >= 0.6 is 0 Å². The van der Waals surface area contributed by atoms with Crippen LogP contribution < -0.4 is 9.13 Å². The van der Waals surface area contributed by atoms with Gasteiger partial charge in [-0.25, -0.2) is 9.13 Å². The van der Waals surface area contributed by atoms with Crippen LogP contribution in [0.4, 0.5) is 0 Å². The molecule has 0 bridgehead atoms. The molecule has 33 heavy (non-hydrogen) atoms. The van der Waals surface area contributed by atoms with Crippen molar-refractivity contribution in [2.24, 2.45) is 0 Å². The van der Waals surface area contributed by atoms with Crippen LogP contribution in [-0.2, 0) is 13.1 Å². The van der Waals surface area contributed by atoms with Crippen LogP contribution in [0.15, 0.2) is 73.1 Å². The number of aromatic nitrogens is 4. The van der Waals surface area contributed by atoms with Crippen LogP contribution in [0.1, 0.15) is 30.7 Å². The molecule has 164 valence electrons. The minimum atomic E-state index is 1.06. The molecular formula is C29H30N4+2. The fourth-order valence-corrected chi connectivity index (χ4v) is 5.31. The number of aryl methyl sites for hydroxylation is 4. The van der Waals surface area contributed by atoms with E-state index in [9.17, 15) is 0 Å². The summed E-state index contributed by atoms with van der Waals surface area (Å²) in [5.74, 6) is 0. The van der Waals surface area contributed by atoms with Gasteiger partial charge >= 0.3 is 0 Å². The largest absolute Gasteiger partial charge is 0.349 e. The van der Waals surface area contributed by atoms with Crippen molar-refractivity contribution in [1.82, 2.24) is 9.97 Å². The topological polar surface area (TPSA) is 39.3 Å². The number of hydrogen-bond donors (Lipinski definition) is 2. The molecule has 4 nitrogen and oxygen atoms in total. The highest BCUT2D eigenvalue weighted by molar-refractivity contribution is 6.08. The van der Waals surface area contributed by atoms with Crippen molar-refractivity contribution in [3.05, 3.63) is 84.4 Å².